The third-order valence-corrected chi connectivity index (χ3v) is 11.0. The van der Waals surface area contributed by atoms with Crippen LogP contribution in [0.2, 0.25) is 0 Å². The molecule has 63 heavy (non-hydrogen) atoms. The first kappa shape index (κ1) is 40.8. The topological polar surface area (TPSA) is 69.6 Å². The molecular weight excluding hydrogens is 951 g/mol. The van der Waals surface area contributed by atoms with Crippen molar-refractivity contribution in [2.45, 2.75) is 6.92 Å². The Morgan fingerprint density at radius 2 is 1.16 bits per heavy atom. The maximum atomic E-state index is 5.95. The van der Waals surface area contributed by atoms with E-state index < -0.39 is 0 Å². The van der Waals surface area contributed by atoms with Crippen molar-refractivity contribution in [3.05, 3.63) is 219 Å². The van der Waals surface area contributed by atoms with Gasteiger partial charge in [-0.05, 0) is 69.9 Å². The van der Waals surface area contributed by atoms with E-state index in [0.717, 1.165) is 78.2 Å². The summed E-state index contributed by atoms with van der Waals surface area (Å²) in [4.78, 5) is 18.1. The molecule has 11 rings (SSSR count). The number of hydrogen-bond acceptors (Lipinski definition) is 5. The van der Waals surface area contributed by atoms with Crippen LogP contribution < -0.4 is 0 Å². The van der Waals surface area contributed by atoms with Gasteiger partial charge in [0.25, 0.3) is 0 Å². The van der Waals surface area contributed by atoms with Crippen LogP contribution in [0.4, 0.5) is 0 Å². The van der Waals surface area contributed by atoms with Gasteiger partial charge in [0, 0.05) is 42.9 Å². The molecular formula is C56H38IrN5O. The van der Waals surface area contributed by atoms with Crippen molar-refractivity contribution >= 4 is 22.1 Å². The Morgan fingerprint density at radius 1 is 0.508 bits per heavy atom. The molecule has 0 saturated carbocycles. The fourth-order valence-corrected chi connectivity index (χ4v) is 7.92. The van der Waals surface area contributed by atoms with Crippen LogP contribution in [0.5, 0.6) is 0 Å². The van der Waals surface area contributed by atoms with E-state index in [1.807, 2.05) is 104 Å². The van der Waals surface area contributed by atoms with Gasteiger partial charge in [0.1, 0.15) is 0 Å². The molecule has 0 spiro atoms. The zero-order chi connectivity index (χ0) is 41.8. The Labute approximate surface area is 380 Å². The van der Waals surface area contributed by atoms with E-state index in [4.69, 9.17) is 9.40 Å². The van der Waals surface area contributed by atoms with Crippen LogP contribution in [-0.4, -0.2) is 24.5 Å². The smallest absolute Gasteiger partial charge is 0.486 e. The normalized spacial score (nSPS) is 10.9. The molecule has 0 atom stereocenters. The van der Waals surface area contributed by atoms with Crippen LogP contribution in [-0.2, 0) is 27.2 Å². The number of pyridine rings is 3. The molecule has 6 nitrogen and oxygen atoms in total. The van der Waals surface area contributed by atoms with Gasteiger partial charge in [-0.15, -0.1) is 83.9 Å². The van der Waals surface area contributed by atoms with E-state index >= 15 is 0 Å². The fraction of sp³-hybridized carbons (Fsp3) is 0.0357. The molecule has 0 bridgehead atoms. The Kier molecular flexibility index (Phi) is 11.8. The molecule has 7 heteroatoms. The molecule has 0 unspecified atom stereocenters. The maximum Gasteiger partial charge on any atom is 3.00 e. The van der Waals surface area contributed by atoms with Gasteiger partial charge in [-0.1, -0.05) is 119 Å². The van der Waals surface area contributed by atoms with Gasteiger partial charge in [-0.2, -0.15) is 0 Å². The van der Waals surface area contributed by atoms with Crippen LogP contribution >= 0.6 is 0 Å². The van der Waals surface area contributed by atoms with Crippen LogP contribution in [0.25, 0.3) is 100 Å². The molecule has 0 N–H and O–H groups in total. The first-order valence-electron chi connectivity index (χ1n) is 20.4. The molecule has 5 aromatic heterocycles. The van der Waals surface area contributed by atoms with Gasteiger partial charge in [0.05, 0.1) is 11.4 Å². The largest absolute Gasteiger partial charge is 3.00 e. The number of fused-ring (bicyclic) bond motifs is 3. The summed E-state index contributed by atoms with van der Waals surface area (Å²) in [6.45, 7) is 1.96. The van der Waals surface area contributed by atoms with Crippen molar-refractivity contribution in [3.8, 4) is 78.4 Å². The second-order valence-corrected chi connectivity index (χ2v) is 14.9. The molecule has 0 saturated heterocycles. The number of benzene rings is 6. The van der Waals surface area contributed by atoms with Crippen molar-refractivity contribution in [1.82, 2.24) is 24.5 Å². The van der Waals surface area contributed by atoms with Gasteiger partial charge < -0.3 is 19.0 Å². The minimum Gasteiger partial charge on any atom is -0.486 e. The number of nitrogens with zero attached hydrogens (tertiary/aromatic N) is 5. The molecule has 6 aromatic carbocycles. The van der Waals surface area contributed by atoms with Crippen molar-refractivity contribution in [2.24, 2.45) is 7.05 Å². The van der Waals surface area contributed by atoms with Crippen LogP contribution in [0.1, 0.15) is 5.69 Å². The molecule has 0 aliphatic rings. The van der Waals surface area contributed by atoms with E-state index in [1.54, 1.807) is 6.20 Å². The Morgan fingerprint density at radius 3 is 1.78 bits per heavy atom. The molecule has 0 amide bonds. The molecule has 11 aromatic rings. The fourth-order valence-electron chi connectivity index (χ4n) is 7.92. The van der Waals surface area contributed by atoms with E-state index in [-0.39, 0.29) is 20.1 Å². The summed E-state index contributed by atoms with van der Waals surface area (Å²) >= 11 is 0. The summed E-state index contributed by atoms with van der Waals surface area (Å²) in [7, 11) is 1.96. The van der Waals surface area contributed by atoms with Crippen LogP contribution in [0, 0.1) is 25.1 Å². The van der Waals surface area contributed by atoms with Gasteiger partial charge >= 0.3 is 20.1 Å². The molecule has 0 radical (unpaired) electrons. The monoisotopic (exact) mass is 989 g/mol. The minimum atomic E-state index is 0. The molecule has 5 heterocycles. The van der Waals surface area contributed by atoms with Crippen LogP contribution in [0.3, 0.4) is 0 Å². The van der Waals surface area contributed by atoms with E-state index in [9.17, 15) is 0 Å². The van der Waals surface area contributed by atoms with Crippen LogP contribution in [0.15, 0.2) is 199 Å². The van der Waals surface area contributed by atoms with Crippen molar-refractivity contribution in [3.63, 3.8) is 0 Å². The summed E-state index contributed by atoms with van der Waals surface area (Å²) in [6.07, 6.45) is 7.46. The molecule has 0 aliphatic carbocycles. The summed E-state index contributed by atoms with van der Waals surface area (Å²) in [6, 6.07) is 68.1. The first-order chi connectivity index (χ1) is 30.6. The second kappa shape index (κ2) is 18.2. The number of imidazole rings is 1. The predicted molar refractivity (Wildman–Crippen MR) is 250 cm³/mol. The summed E-state index contributed by atoms with van der Waals surface area (Å²) < 4.78 is 7.90. The summed E-state index contributed by atoms with van der Waals surface area (Å²) in [5.41, 5.74) is 16.3. The summed E-state index contributed by atoms with van der Waals surface area (Å²) in [5.74, 6) is 0.839. The van der Waals surface area contributed by atoms with Gasteiger partial charge in [-0.3, -0.25) is 4.98 Å². The summed E-state index contributed by atoms with van der Waals surface area (Å²) in [5, 5.41) is 2.07. The third kappa shape index (κ3) is 8.28. The van der Waals surface area contributed by atoms with Gasteiger partial charge in [0.15, 0.2) is 0 Å². The average molecular weight is 989 g/mol. The number of rotatable bonds is 7. The SMILES string of the molecule is Cc1ccc2c(n1)oc1c(-c3nccn3C)[c-]ccc12.[Ir+3].[c-]1cc(-c2ccccc2-c2ccccc2-c2ccccc2-c2ccc(-c3[c-]cccc3)nc2)ccc1-c1ccccn1. The number of hydrogen-bond donors (Lipinski definition) is 0. The Hall–Kier alpha value is -7.57. The minimum absolute atomic E-state index is 0. The zero-order valence-electron chi connectivity index (χ0n) is 34.5. The third-order valence-electron chi connectivity index (χ3n) is 11.0. The number of aryl methyl sites for hydroxylation is 2. The van der Waals surface area contributed by atoms with Gasteiger partial charge in [0.2, 0.25) is 5.71 Å². The van der Waals surface area contributed by atoms with Crippen molar-refractivity contribution in [1.29, 1.82) is 0 Å². The average Bonchev–Trinajstić information content (AvgIpc) is 3.95. The number of furan rings is 1. The van der Waals surface area contributed by atoms with E-state index in [1.165, 1.54) is 22.3 Å². The Bertz CT molecular complexity index is 3160. The quantitative estimate of drug-likeness (QED) is 0.149. The predicted octanol–water partition coefficient (Wildman–Crippen LogP) is 13.6. The zero-order valence-corrected chi connectivity index (χ0v) is 36.8. The first-order valence-corrected chi connectivity index (χ1v) is 20.4. The molecule has 0 fully saturated rings. The van der Waals surface area contributed by atoms with Crippen molar-refractivity contribution < 1.29 is 24.5 Å². The molecule has 302 valence electrons. The Balaban J connectivity index is 0.000000200. The van der Waals surface area contributed by atoms with Gasteiger partial charge in [-0.25, -0.2) is 4.98 Å². The maximum absolute atomic E-state index is 5.95. The van der Waals surface area contributed by atoms with E-state index in [0.29, 0.717) is 5.71 Å². The van der Waals surface area contributed by atoms with Crippen molar-refractivity contribution in [2.75, 3.05) is 0 Å². The molecule has 0 aliphatic heterocycles. The standard InChI is InChI=1S/C40H26N2.C16H12N3O.Ir/c1-2-12-30(13-3-1)40-26-25-32(28-42-40)34-15-5-7-17-36(34)38-19-9-8-18-37(38)35-16-6-4-14-33(35)29-21-23-31(24-22-29)39-20-10-11-27-41-39;1-10-6-7-12-11-4-3-5-13(14(11)20-16(12)18-10)15-17-8-9-19(15)2;/h1-12,14-23,25-28H;3-4,6-9H,1-2H3;/q-2;-1;+3. The number of aromatic nitrogens is 5. The van der Waals surface area contributed by atoms with E-state index in [2.05, 4.69) is 136 Å². The second-order valence-electron chi connectivity index (χ2n) is 14.9.